The lowest BCUT2D eigenvalue weighted by Gasteiger charge is -2.17. The van der Waals surface area contributed by atoms with E-state index in [9.17, 15) is 5.26 Å². The van der Waals surface area contributed by atoms with Crippen LogP contribution in [0.3, 0.4) is 0 Å². The second-order valence-corrected chi connectivity index (χ2v) is 9.58. The topological polar surface area (TPSA) is 95.0 Å². The van der Waals surface area contributed by atoms with Gasteiger partial charge in [0, 0.05) is 47.3 Å². The summed E-state index contributed by atoms with van der Waals surface area (Å²) in [6.07, 6.45) is 7.41. The van der Waals surface area contributed by atoms with E-state index < -0.39 is 0 Å². The average Bonchev–Trinajstić information content (AvgIpc) is 3.48. The molecular formula is C33H33N5O2. The maximum Gasteiger partial charge on any atom is 0.161 e. The number of nitrogens with zero attached hydrogens (tertiary/aromatic N) is 2. The van der Waals surface area contributed by atoms with Crippen molar-refractivity contribution in [3.05, 3.63) is 102 Å². The maximum atomic E-state index is 9.87. The molecule has 7 nitrogen and oxygen atoms in total. The summed E-state index contributed by atoms with van der Waals surface area (Å²) in [5, 5.41) is 17.9. The monoisotopic (exact) mass is 531 g/mol. The summed E-state index contributed by atoms with van der Waals surface area (Å²) >= 11 is 0. The summed E-state index contributed by atoms with van der Waals surface area (Å²) < 4.78 is 11.7. The van der Waals surface area contributed by atoms with E-state index in [0.29, 0.717) is 29.4 Å². The third-order valence-corrected chi connectivity index (χ3v) is 7.00. The molecule has 3 N–H and O–H groups in total. The van der Waals surface area contributed by atoms with Crippen molar-refractivity contribution in [2.75, 3.05) is 32.1 Å². The molecule has 0 aliphatic carbocycles. The van der Waals surface area contributed by atoms with Crippen molar-refractivity contribution in [3.8, 4) is 28.7 Å². The molecule has 7 heteroatoms. The van der Waals surface area contributed by atoms with E-state index in [1.807, 2.05) is 42.6 Å². The van der Waals surface area contributed by atoms with Gasteiger partial charge in [0.15, 0.2) is 11.5 Å². The van der Waals surface area contributed by atoms with Crippen LogP contribution in [0, 0.1) is 18.3 Å². The number of pyridine rings is 1. The van der Waals surface area contributed by atoms with Crippen molar-refractivity contribution in [2.24, 2.45) is 0 Å². The van der Waals surface area contributed by atoms with Crippen LogP contribution < -0.4 is 20.1 Å². The molecule has 5 rings (SSSR count). The van der Waals surface area contributed by atoms with E-state index in [2.05, 4.69) is 63.9 Å². The van der Waals surface area contributed by atoms with Crippen molar-refractivity contribution >= 4 is 22.3 Å². The zero-order chi connectivity index (χ0) is 27.7. The van der Waals surface area contributed by atoms with E-state index in [4.69, 9.17) is 9.47 Å². The van der Waals surface area contributed by atoms with Crippen LogP contribution in [0.1, 0.15) is 23.1 Å². The summed E-state index contributed by atoms with van der Waals surface area (Å²) in [5.74, 6) is 1.30. The van der Waals surface area contributed by atoms with Gasteiger partial charge in [-0.15, -0.1) is 0 Å². The standard InChI is InChI=1S/C33H33N5O2/c1-23-27-14-16-37-30(27)12-11-29(23)38-33-26(20-34)21-36-22-28(33)25-10-13-31(32(19-25)39-2)40-18-17-35-15-6-9-24-7-4-3-5-8-24/h3-5,7-8,10-14,16,19,21-22,35,37H,6,9,15,17-18H2,1-2H3,(H,36,38). The highest BCUT2D eigenvalue weighted by Crippen LogP contribution is 2.38. The van der Waals surface area contributed by atoms with Gasteiger partial charge in [0.2, 0.25) is 0 Å². The number of aryl methyl sites for hydroxylation is 2. The lowest BCUT2D eigenvalue weighted by Crippen LogP contribution is -2.22. The number of nitriles is 1. The lowest BCUT2D eigenvalue weighted by molar-refractivity contribution is 0.292. The highest BCUT2D eigenvalue weighted by molar-refractivity contribution is 5.91. The van der Waals surface area contributed by atoms with Gasteiger partial charge in [-0.05, 0) is 73.3 Å². The fourth-order valence-corrected chi connectivity index (χ4v) is 4.83. The quantitative estimate of drug-likeness (QED) is 0.154. The number of methoxy groups -OCH3 is 1. The van der Waals surface area contributed by atoms with Gasteiger partial charge in [-0.1, -0.05) is 36.4 Å². The van der Waals surface area contributed by atoms with Gasteiger partial charge in [0.1, 0.15) is 12.7 Å². The Bertz CT molecular complexity index is 1620. The zero-order valence-corrected chi connectivity index (χ0v) is 22.8. The van der Waals surface area contributed by atoms with Gasteiger partial charge < -0.3 is 25.1 Å². The molecule has 0 bridgehead atoms. The molecule has 0 fully saturated rings. The Morgan fingerprint density at radius 3 is 2.67 bits per heavy atom. The minimum Gasteiger partial charge on any atom is -0.493 e. The molecule has 5 aromatic rings. The zero-order valence-electron chi connectivity index (χ0n) is 22.8. The van der Waals surface area contributed by atoms with Gasteiger partial charge in [-0.25, -0.2) is 0 Å². The summed E-state index contributed by atoms with van der Waals surface area (Å²) in [6, 6.07) is 24.7. The molecule has 0 amide bonds. The Kier molecular flexibility index (Phi) is 8.60. The molecule has 0 radical (unpaired) electrons. The largest absolute Gasteiger partial charge is 0.493 e. The SMILES string of the molecule is COc1cc(-c2cncc(C#N)c2Nc2ccc3[nH]ccc3c2C)ccc1OCCNCCCc1ccccc1. The molecule has 0 aliphatic rings. The van der Waals surface area contributed by atoms with E-state index in [0.717, 1.165) is 59.2 Å². The fraction of sp³-hybridized carbons (Fsp3) is 0.212. The number of nitrogens with one attached hydrogen (secondary N) is 3. The Labute approximate surface area is 234 Å². The first kappa shape index (κ1) is 26.8. The second-order valence-electron chi connectivity index (χ2n) is 9.58. The van der Waals surface area contributed by atoms with E-state index in [1.165, 1.54) is 5.56 Å². The van der Waals surface area contributed by atoms with Crippen LogP contribution in [-0.2, 0) is 6.42 Å². The van der Waals surface area contributed by atoms with Crippen LogP contribution >= 0.6 is 0 Å². The van der Waals surface area contributed by atoms with Gasteiger partial charge in [-0.2, -0.15) is 5.26 Å². The van der Waals surface area contributed by atoms with Gasteiger partial charge in [0.25, 0.3) is 0 Å². The molecule has 2 heterocycles. The number of aromatic amines is 1. The number of anilines is 2. The molecule has 0 spiro atoms. The Hall–Kier alpha value is -4.80. The normalized spacial score (nSPS) is 10.8. The first-order chi connectivity index (χ1) is 19.7. The predicted octanol–water partition coefficient (Wildman–Crippen LogP) is 6.76. The summed E-state index contributed by atoms with van der Waals surface area (Å²) in [7, 11) is 1.63. The van der Waals surface area contributed by atoms with Gasteiger partial charge >= 0.3 is 0 Å². The predicted molar refractivity (Wildman–Crippen MR) is 160 cm³/mol. The minimum absolute atomic E-state index is 0.462. The van der Waals surface area contributed by atoms with E-state index in [1.54, 1.807) is 19.5 Å². The Morgan fingerprint density at radius 1 is 0.975 bits per heavy atom. The molecular weight excluding hydrogens is 498 g/mol. The number of H-pyrrole nitrogens is 1. The molecule has 0 saturated carbocycles. The van der Waals surface area contributed by atoms with Crippen molar-refractivity contribution in [3.63, 3.8) is 0 Å². The molecule has 0 saturated heterocycles. The summed E-state index contributed by atoms with van der Waals surface area (Å²) in [5.41, 5.74) is 7.29. The van der Waals surface area contributed by atoms with Crippen LogP contribution in [0.15, 0.2) is 85.3 Å². The van der Waals surface area contributed by atoms with Gasteiger partial charge in [0.05, 0.1) is 18.4 Å². The first-order valence-electron chi connectivity index (χ1n) is 13.5. The number of ether oxygens (including phenoxy) is 2. The number of fused-ring (bicyclic) bond motifs is 1. The number of rotatable bonds is 12. The van der Waals surface area contributed by atoms with Crippen molar-refractivity contribution in [1.29, 1.82) is 5.26 Å². The van der Waals surface area contributed by atoms with Gasteiger partial charge in [-0.3, -0.25) is 4.98 Å². The smallest absolute Gasteiger partial charge is 0.161 e. The fourth-order valence-electron chi connectivity index (χ4n) is 4.83. The van der Waals surface area contributed by atoms with E-state index in [-0.39, 0.29) is 0 Å². The van der Waals surface area contributed by atoms with E-state index >= 15 is 0 Å². The summed E-state index contributed by atoms with van der Waals surface area (Å²) in [6.45, 7) is 4.27. The Morgan fingerprint density at radius 2 is 1.85 bits per heavy atom. The number of aromatic nitrogens is 2. The van der Waals surface area contributed by atoms with Crippen molar-refractivity contribution in [2.45, 2.75) is 19.8 Å². The number of benzene rings is 3. The lowest BCUT2D eigenvalue weighted by atomic mass is 10.0. The van der Waals surface area contributed by atoms with Crippen LogP contribution in [0.25, 0.3) is 22.0 Å². The van der Waals surface area contributed by atoms with Crippen LogP contribution in [-0.4, -0.2) is 36.8 Å². The molecule has 2 aromatic heterocycles. The highest BCUT2D eigenvalue weighted by atomic mass is 16.5. The van der Waals surface area contributed by atoms with Crippen LogP contribution in [0.5, 0.6) is 11.5 Å². The average molecular weight is 532 g/mol. The molecule has 0 aliphatic heterocycles. The van der Waals surface area contributed by atoms with Crippen molar-refractivity contribution < 1.29 is 9.47 Å². The molecule has 3 aromatic carbocycles. The highest BCUT2D eigenvalue weighted by Gasteiger charge is 2.16. The molecule has 0 unspecified atom stereocenters. The summed E-state index contributed by atoms with van der Waals surface area (Å²) in [4.78, 5) is 7.58. The maximum absolute atomic E-state index is 9.87. The molecule has 0 atom stereocenters. The van der Waals surface area contributed by atoms with Crippen LogP contribution in [0.4, 0.5) is 11.4 Å². The van der Waals surface area contributed by atoms with Crippen LogP contribution in [0.2, 0.25) is 0 Å². The first-order valence-corrected chi connectivity index (χ1v) is 13.5. The molecule has 40 heavy (non-hydrogen) atoms. The number of hydrogen-bond acceptors (Lipinski definition) is 6. The Balaban J connectivity index is 1.27. The third kappa shape index (κ3) is 6.09. The minimum atomic E-state index is 0.462. The number of hydrogen-bond donors (Lipinski definition) is 3. The molecule has 202 valence electrons. The second kappa shape index (κ2) is 12.8. The third-order valence-electron chi connectivity index (χ3n) is 7.00. The van der Waals surface area contributed by atoms with Crippen molar-refractivity contribution in [1.82, 2.24) is 15.3 Å².